The van der Waals surface area contributed by atoms with E-state index < -0.39 is 36.3 Å². The number of esters is 1. The van der Waals surface area contributed by atoms with Crippen molar-refractivity contribution in [3.8, 4) is 0 Å². The number of carbonyl (C=O) groups is 5. The Kier molecular flexibility index (Phi) is 6.86. The van der Waals surface area contributed by atoms with Crippen molar-refractivity contribution in [1.82, 2.24) is 9.80 Å². The van der Waals surface area contributed by atoms with Crippen molar-refractivity contribution in [2.75, 3.05) is 25.0 Å². The molecule has 150 valence electrons. The summed E-state index contributed by atoms with van der Waals surface area (Å²) in [6.45, 7) is 5.36. The first kappa shape index (κ1) is 21.1. The zero-order chi connectivity index (χ0) is 20.8. The third-order valence-corrected chi connectivity index (χ3v) is 3.83. The van der Waals surface area contributed by atoms with Crippen molar-refractivity contribution in [2.24, 2.45) is 5.92 Å². The molecule has 1 fully saturated rings. The van der Waals surface area contributed by atoms with Gasteiger partial charge in [0.15, 0.2) is 0 Å². The van der Waals surface area contributed by atoms with Gasteiger partial charge in [-0.1, -0.05) is 20.8 Å². The van der Waals surface area contributed by atoms with Crippen molar-refractivity contribution in [1.29, 1.82) is 0 Å². The quantitative estimate of drug-likeness (QED) is 0.411. The molecule has 5 amide bonds. The minimum absolute atomic E-state index is 0.00277. The molecule has 0 radical (unpaired) electrons. The van der Waals surface area contributed by atoms with E-state index in [0.29, 0.717) is 29.2 Å². The summed E-state index contributed by atoms with van der Waals surface area (Å²) in [4.78, 5) is 61.5. The van der Waals surface area contributed by atoms with E-state index in [2.05, 4.69) is 5.32 Å². The highest BCUT2D eigenvalue weighted by Gasteiger charge is 2.45. The SMILES string of the molecule is CCCOC(=O)c1ccc(NC(=O)CN2C(=O)C(=O)N(CC(C)C)C2=O)cc1. The van der Waals surface area contributed by atoms with Crippen LogP contribution in [0.3, 0.4) is 0 Å². The summed E-state index contributed by atoms with van der Waals surface area (Å²) in [7, 11) is 0. The predicted octanol–water partition coefficient (Wildman–Crippen LogP) is 1.64. The monoisotopic (exact) mass is 389 g/mol. The highest BCUT2D eigenvalue weighted by atomic mass is 16.5. The van der Waals surface area contributed by atoms with Gasteiger partial charge in [0, 0.05) is 12.2 Å². The maximum Gasteiger partial charge on any atom is 0.338 e. The normalized spacial score (nSPS) is 14.1. The number of nitrogens with zero attached hydrogens (tertiary/aromatic N) is 2. The number of rotatable bonds is 8. The maximum atomic E-state index is 12.2. The number of benzene rings is 1. The van der Waals surface area contributed by atoms with Gasteiger partial charge in [-0.3, -0.25) is 19.3 Å². The molecule has 0 aromatic heterocycles. The first-order chi connectivity index (χ1) is 13.2. The number of amides is 5. The van der Waals surface area contributed by atoms with Crippen LogP contribution in [0.4, 0.5) is 10.5 Å². The van der Waals surface area contributed by atoms with Crippen molar-refractivity contribution in [3.63, 3.8) is 0 Å². The number of hydrogen-bond donors (Lipinski definition) is 1. The summed E-state index contributed by atoms with van der Waals surface area (Å²) in [6.07, 6.45) is 0.713. The van der Waals surface area contributed by atoms with Crippen LogP contribution in [-0.2, 0) is 19.1 Å². The minimum Gasteiger partial charge on any atom is -0.462 e. The molecule has 9 nitrogen and oxygen atoms in total. The molecule has 0 aliphatic carbocycles. The Balaban J connectivity index is 1.96. The zero-order valence-electron chi connectivity index (χ0n) is 16.1. The first-order valence-corrected chi connectivity index (χ1v) is 8.99. The van der Waals surface area contributed by atoms with Gasteiger partial charge in [-0.2, -0.15) is 0 Å². The summed E-state index contributed by atoms with van der Waals surface area (Å²) < 4.78 is 5.01. The van der Waals surface area contributed by atoms with Crippen molar-refractivity contribution in [2.45, 2.75) is 27.2 Å². The molecule has 1 aromatic rings. The van der Waals surface area contributed by atoms with Gasteiger partial charge in [-0.25, -0.2) is 14.5 Å². The molecule has 1 aliphatic rings. The second-order valence-corrected chi connectivity index (χ2v) is 6.74. The van der Waals surface area contributed by atoms with Gasteiger partial charge in [0.25, 0.3) is 0 Å². The maximum absolute atomic E-state index is 12.2. The Hall–Kier alpha value is -3.23. The summed E-state index contributed by atoms with van der Waals surface area (Å²) in [5, 5.41) is 2.52. The van der Waals surface area contributed by atoms with Gasteiger partial charge in [0.2, 0.25) is 5.91 Å². The van der Waals surface area contributed by atoms with Gasteiger partial charge in [-0.05, 0) is 36.6 Å². The Morgan fingerprint density at radius 2 is 1.64 bits per heavy atom. The second-order valence-electron chi connectivity index (χ2n) is 6.74. The topological polar surface area (TPSA) is 113 Å². The largest absolute Gasteiger partial charge is 0.462 e. The van der Waals surface area contributed by atoms with E-state index in [9.17, 15) is 24.0 Å². The van der Waals surface area contributed by atoms with Crippen LogP contribution < -0.4 is 5.32 Å². The lowest BCUT2D eigenvalue weighted by Gasteiger charge is -2.16. The average molecular weight is 389 g/mol. The highest BCUT2D eigenvalue weighted by molar-refractivity contribution is 6.45. The van der Waals surface area contributed by atoms with Crippen LogP contribution in [-0.4, -0.2) is 59.2 Å². The third-order valence-electron chi connectivity index (χ3n) is 3.83. The molecule has 0 bridgehead atoms. The van der Waals surface area contributed by atoms with Crippen LogP contribution >= 0.6 is 0 Å². The Labute approximate surface area is 162 Å². The molecule has 1 N–H and O–H groups in total. The fraction of sp³-hybridized carbons (Fsp3) is 0.421. The van der Waals surface area contributed by atoms with Crippen molar-refractivity contribution in [3.05, 3.63) is 29.8 Å². The van der Waals surface area contributed by atoms with Crippen molar-refractivity contribution < 1.29 is 28.7 Å². The number of anilines is 1. The molecular formula is C19H23N3O6. The molecule has 1 aromatic carbocycles. The average Bonchev–Trinajstić information content (AvgIpc) is 2.84. The minimum atomic E-state index is -1.02. The molecule has 9 heteroatoms. The van der Waals surface area contributed by atoms with E-state index >= 15 is 0 Å². The van der Waals surface area contributed by atoms with E-state index in [0.717, 1.165) is 4.90 Å². The molecule has 1 heterocycles. The summed E-state index contributed by atoms with van der Waals surface area (Å²) in [6, 6.07) is 5.20. The van der Waals surface area contributed by atoms with Crippen molar-refractivity contribution >= 4 is 35.4 Å². The lowest BCUT2D eigenvalue weighted by molar-refractivity contribution is -0.143. The van der Waals surface area contributed by atoms with Gasteiger partial charge < -0.3 is 10.1 Å². The van der Waals surface area contributed by atoms with E-state index in [-0.39, 0.29) is 12.5 Å². The molecule has 1 aliphatic heterocycles. The second kappa shape index (κ2) is 9.12. The van der Waals surface area contributed by atoms with Crippen LogP contribution in [0, 0.1) is 5.92 Å². The number of ether oxygens (including phenoxy) is 1. The predicted molar refractivity (Wildman–Crippen MR) is 99.3 cm³/mol. The molecule has 2 rings (SSSR count). The fourth-order valence-electron chi connectivity index (χ4n) is 2.53. The van der Waals surface area contributed by atoms with E-state index in [4.69, 9.17) is 4.74 Å². The Morgan fingerprint density at radius 1 is 1.04 bits per heavy atom. The van der Waals surface area contributed by atoms with Crippen LogP contribution in [0.5, 0.6) is 0 Å². The Bertz CT molecular complexity index is 787. The number of urea groups is 1. The lowest BCUT2D eigenvalue weighted by Crippen LogP contribution is -2.39. The number of carbonyl (C=O) groups excluding carboxylic acids is 5. The molecule has 0 atom stereocenters. The molecular weight excluding hydrogens is 366 g/mol. The van der Waals surface area contributed by atoms with Crippen LogP contribution in [0.15, 0.2) is 24.3 Å². The molecule has 1 saturated heterocycles. The van der Waals surface area contributed by atoms with Crippen LogP contribution in [0.1, 0.15) is 37.6 Å². The molecule has 0 unspecified atom stereocenters. The number of hydrogen-bond acceptors (Lipinski definition) is 6. The van der Waals surface area contributed by atoms with Crippen LogP contribution in [0.2, 0.25) is 0 Å². The first-order valence-electron chi connectivity index (χ1n) is 8.99. The fourth-order valence-corrected chi connectivity index (χ4v) is 2.53. The number of imide groups is 2. The van der Waals surface area contributed by atoms with E-state index in [1.54, 1.807) is 0 Å². The van der Waals surface area contributed by atoms with Gasteiger partial charge in [0.05, 0.1) is 12.2 Å². The molecule has 0 spiro atoms. The highest BCUT2D eigenvalue weighted by Crippen LogP contribution is 2.15. The zero-order valence-corrected chi connectivity index (χ0v) is 16.1. The van der Waals surface area contributed by atoms with E-state index in [1.165, 1.54) is 24.3 Å². The molecule has 28 heavy (non-hydrogen) atoms. The summed E-state index contributed by atoms with van der Waals surface area (Å²) in [5.74, 6) is -3.05. The Morgan fingerprint density at radius 3 is 2.21 bits per heavy atom. The summed E-state index contributed by atoms with van der Waals surface area (Å²) >= 11 is 0. The van der Waals surface area contributed by atoms with E-state index in [1.807, 2.05) is 20.8 Å². The summed E-state index contributed by atoms with van der Waals surface area (Å²) in [5.41, 5.74) is 0.716. The van der Waals surface area contributed by atoms with Gasteiger partial charge in [-0.15, -0.1) is 0 Å². The lowest BCUT2D eigenvalue weighted by atomic mass is 10.2. The van der Waals surface area contributed by atoms with Crippen LogP contribution in [0.25, 0.3) is 0 Å². The third kappa shape index (κ3) is 4.93. The van der Waals surface area contributed by atoms with Gasteiger partial charge >= 0.3 is 23.8 Å². The smallest absolute Gasteiger partial charge is 0.338 e. The van der Waals surface area contributed by atoms with Gasteiger partial charge in [0.1, 0.15) is 6.54 Å². The number of nitrogens with one attached hydrogen (secondary N) is 1. The standard InChI is InChI=1S/C19H23N3O6/c1-4-9-28-18(26)13-5-7-14(8-6-13)20-15(23)11-22-17(25)16(24)21(19(22)27)10-12(2)3/h5-8,12H,4,9-11H2,1-3H3,(H,20,23). The molecule has 0 saturated carbocycles.